The average Bonchev–Trinajstić information content (AvgIpc) is 2.27. The van der Waals surface area contributed by atoms with Gasteiger partial charge in [0, 0.05) is 0 Å². The van der Waals surface area contributed by atoms with Crippen LogP contribution in [0.15, 0.2) is 36.4 Å². The molecule has 0 unspecified atom stereocenters. The molecule has 0 radical (unpaired) electrons. The molecule has 0 spiro atoms. The van der Waals surface area contributed by atoms with Crippen molar-refractivity contribution in [2.45, 2.75) is 13.3 Å². The molecule has 0 heterocycles. The maximum absolute atomic E-state index is 2.34. The van der Waals surface area contributed by atoms with Gasteiger partial charge in [0.25, 0.3) is 0 Å². The van der Waals surface area contributed by atoms with Crippen LogP contribution >= 0.6 is 0 Å². The summed E-state index contributed by atoms with van der Waals surface area (Å²) < 4.78 is 1.53. The molecule has 74 valence electrons. The average molecular weight is 297 g/mol. The SMILES string of the molecule is CCc1ccc2cc([I-]C)ccc2c1. The Hall–Kier alpha value is -0.570. The standard InChI is InChI=1S/C13H14I/c1-3-10-4-5-12-9-13(14-2)7-6-11(12)8-10/h4-9H,3H2,1-2H3/q-1. The molecule has 14 heavy (non-hydrogen) atoms. The molecule has 1 heteroatoms. The summed E-state index contributed by atoms with van der Waals surface area (Å²) in [6, 6.07) is 13.6. The summed E-state index contributed by atoms with van der Waals surface area (Å²) in [7, 11) is 0. The predicted octanol–water partition coefficient (Wildman–Crippen LogP) is 0.291. The van der Waals surface area contributed by atoms with Crippen molar-refractivity contribution in [2.75, 3.05) is 4.93 Å². The molecule has 2 aromatic carbocycles. The van der Waals surface area contributed by atoms with Crippen LogP contribution in [0, 0.1) is 3.57 Å². The second-order valence-corrected chi connectivity index (χ2v) is 5.69. The van der Waals surface area contributed by atoms with Crippen molar-refractivity contribution in [3.05, 3.63) is 45.5 Å². The van der Waals surface area contributed by atoms with E-state index in [1.165, 1.54) is 19.9 Å². The summed E-state index contributed by atoms with van der Waals surface area (Å²) in [4.78, 5) is 2.31. The third kappa shape index (κ3) is 1.92. The van der Waals surface area contributed by atoms with E-state index < -0.39 is 0 Å². The Labute approximate surface area is 95.6 Å². The Bertz CT molecular complexity index is 403. The van der Waals surface area contributed by atoms with Crippen molar-refractivity contribution in [3.63, 3.8) is 0 Å². The van der Waals surface area contributed by atoms with E-state index in [9.17, 15) is 0 Å². The number of rotatable bonds is 2. The van der Waals surface area contributed by atoms with Crippen LogP contribution in [0.5, 0.6) is 0 Å². The second-order valence-electron chi connectivity index (χ2n) is 3.37. The van der Waals surface area contributed by atoms with Crippen LogP contribution in [0.2, 0.25) is 0 Å². The summed E-state index contributed by atoms with van der Waals surface area (Å²) >= 11 is 0.223. The number of alkyl halides is 1. The first-order chi connectivity index (χ1) is 6.83. The summed E-state index contributed by atoms with van der Waals surface area (Å²) in [6.07, 6.45) is 1.12. The van der Waals surface area contributed by atoms with Crippen LogP contribution in [0.4, 0.5) is 0 Å². The van der Waals surface area contributed by atoms with Crippen LogP contribution in [-0.4, -0.2) is 4.93 Å². The monoisotopic (exact) mass is 297 g/mol. The van der Waals surface area contributed by atoms with Crippen molar-refractivity contribution in [3.8, 4) is 0 Å². The quantitative estimate of drug-likeness (QED) is 0.552. The van der Waals surface area contributed by atoms with Gasteiger partial charge in [-0.05, 0) is 0 Å². The Kier molecular flexibility index (Phi) is 3.06. The van der Waals surface area contributed by atoms with E-state index in [2.05, 4.69) is 48.3 Å². The first-order valence-corrected chi connectivity index (χ1v) is 8.09. The zero-order valence-electron chi connectivity index (χ0n) is 8.55. The fraction of sp³-hybridized carbons (Fsp3) is 0.231. The second kappa shape index (κ2) is 4.30. The first kappa shape index (κ1) is 9.97. The van der Waals surface area contributed by atoms with Gasteiger partial charge in [0.05, 0.1) is 0 Å². The van der Waals surface area contributed by atoms with Gasteiger partial charge in [0.1, 0.15) is 0 Å². The van der Waals surface area contributed by atoms with Crippen molar-refractivity contribution in [1.82, 2.24) is 0 Å². The minimum atomic E-state index is 0.223. The molecular weight excluding hydrogens is 283 g/mol. The Morgan fingerprint density at radius 1 is 1.00 bits per heavy atom. The van der Waals surface area contributed by atoms with Crippen LogP contribution in [0.25, 0.3) is 10.8 Å². The minimum absolute atomic E-state index is 0.223. The van der Waals surface area contributed by atoms with E-state index in [0.717, 1.165) is 6.42 Å². The molecule has 0 nitrogen and oxygen atoms in total. The topological polar surface area (TPSA) is 0 Å². The molecule has 0 fully saturated rings. The zero-order chi connectivity index (χ0) is 9.97. The van der Waals surface area contributed by atoms with Gasteiger partial charge in [-0.25, -0.2) is 0 Å². The van der Waals surface area contributed by atoms with E-state index >= 15 is 0 Å². The number of benzene rings is 2. The Morgan fingerprint density at radius 2 is 1.71 bits per heavy atom. The molecule has 0 aliphatic heterocycles. The van der Waals surface area contributed by atoms with Crippen LogP contribution < -0.4 is 21.2 Å². The van der Waals surface area contributed by atoms with Crippen molar-refractivity contribution >= 4 is 10.8 Å². The summed E-state index contributed by atoms with van der Waals surface area (Å²) in [6.45, 7) is 2.20. The van der Waals surface area contributed by atoms with E-state index in [1.54, 1.807) is 0 Å². The summed E-state index contributed by atoms with van der Waals surface area (Å²) in [5.74, 6) is 0. The third-order valence-corrected chi connectivity index (χ3v) is 4.41. The zero-order valence-corrected chi connectivity index (χ0v) is 10.7. The molecular formula is C13H14I-. The number of hydrogen-bond donors (Lipinski definition) is 0. The van der Waals surface area contributed by atoms with Gasteiger partial charge >= 0.3 is 95.8 Å². The number of hydrogen-bond acceptors (Lipinski definition) is 0. The number of aryl methyl sites for hydroxylation is 1. The van der Waals surface area contributed by atoms with Crippen molar-refractivity contribution < 1.29 is 21.2 Å². The van der Waals surface area contributed by atoms with Gasteiger partial charge < -0.3 is 0 Å². The van der Waals surface area contributed by atoms with Gasteiger partial charge in [0.2, 0.25) is 0 Å². The van der Waals surface area contributed by atoms with Crippen LogP contribution in [-0.2, 0) is 6.42 Å². The number of fused-ring (bicyclic) bond motifs is 1. The molecule has 0 aliphatic carbocycles. The molecule has 0 bridgehead atoms. The summed E-state index contributed by atoms with van der Waals surface area (Å²) in [5, 5.41) is 2.77. The van der Waals surface area contributed by atoms with E-state index in [0.29, 0.717) is 0 Å². The number of halogens is 1. The summed E-state index contributed by atoms with van der Waals surface area (Å²) in [5.41, 5.74) is 1.43. The Morgan fingerprint density at radius 3 is 2.43 bits per heavy atom. The fourth-order valence-electron chi connectivity index (χ4n) is 1.60. The van der Waals surface area contributed by atoms with Crippen molar-refractivity contribution in [2.24, 2.45) is 0 Å². The van der Waals surface area contributed by atoms with E-state index in [4.69, 9.17) is 0 Å². The fourth-order valence-corrected chi connectivity index (χ4v) is 2.79. The third-order valence-electron chi connectivity index (χ3n) is 2.49. The molecule has 2 aromatic rings. The molecule has 0 N–H and O–H groups in total. The van der Waals surface area contributed by atoms with Gasteiger partial charge in [-0.1, -0.05) is 0 Å². The first-order valence-electron chi connectivity index (χ1n) is 4.85. The molecule has 2 rings (SSSR count). The van der Waals surface area contributed by atoms with Crippen molar-refractivity contribution in [1.29, 1.82) is 0 Å². The molecule has 0 saturated carbocycles. The van der Waals surface area contributed by atoms with Gasteiger partial charge in [-0.2, -0.15) is 0 Å². The molecule has 0 atom stereocenters. The molecule has 0 aromatic heterocycles. The maximum atomic E-state index is 2.34. The molecule has 0 aliphatic rings. The van der Waals surface area contributed by atoms with Gasteiger partial charge in [0.15, 0.2) is 0 Å². The molecule has 0 saturated heterocycles. The normalized spacial score (nSPS) is 11.0. The van der Waals surface area contributed by atoms with Crippen LogP contribution in [0.3, 0.4) is 0 Å². The van der Waals surface area contributed by atoms with Crippen LogP contribution in [0.1, 0.15) is 12.5 Å². The van der Waals surface area contributed by atoms with Gasteiger partial charge in [-0.15, -0.1) is 0 Å². The van der Waals surface area contributed by atoms with Gasteiger partial charge in [-0.3, -0.25) is 0 Å². The Balaban J connectivity index is 2.57. The predicted molar refractivity (Wildman–Crippen MR) is 57.9 cm³/mol. The molecule has 0 amide bonds. The van der Waals surface area contributed by atoms with E-state index in [1.807, 2.05) is 0 Å². The van der Waals surface area contributed by atoms with E-state index in [-0.39, 0.29) is 21.2 Å².